The Morgan fingerprint density at radius 2 is 1.76 bits per heavy atom. The molecule has 0 radical (unpaired) electrons. The second-order valence-electron chi connectivity index (χ2n) is 8.60. The van der Waals surface area contributed by atoms with Gasteiger partial charge in [0.15, 0.2) is 11.7 Å². The Balaban J connectivity index is 1.36. The molecule has 0 unspecified atom stereocenters. The number of anilines is 2. The predicted molar refractivity (Wildman–Crippen MR) is 135 cm³/mol. The second-order valence-corrected chi connectivity index (χ2v) is 8.60. The van der Waals surface area contributed by atoms with Crippen LogP contribution in [0.1, 0.15) is 34.3 Å². The van der Waals surface area contributed by atoms with E-state index in [-0.39, 0.29) is 17.8 Å². The molecule has 5 N–H and O–H groups in total. The van der Waals surface area contributed by atoms with Crippen molar-refractivity contribution in [3.8, 4) is 5.88 Å². The van der Waals surface area contributed by atoms with Crippen LogP contribution in [0.15, 0.2) is 71.7 Å². The summed E-state index contributed by atoms with van der Waals surface area (Å²) >= 11 is 0. The van der Waals surface area contributed by atoms with Crippen LogP contribution in [0.3, 0.4) is 0 Å². The van der Waals surface area contributed by atoms with Crippen molar-refractivity contribution in [2.45, 2.75) is 18.9 Å². The molecule has 7 nitrogen and oxygen atoms in total. The van der Waals surface area contributed by atoms with Crippen molar-refractivity contribution >= 4 is 40.0 Å². The molecule has 0 amide bonds. The maximum Gasteiger partial charge on any atom is 0.198 e. The summed E-state index contributed by atoms with van der Waals surface area (Å²) in [5.74, 6) is -0.141. The number of nitrogens with two attached hydrogens (primary N) is 1. The van der Waals surface area contributed by atoms with E-state index in [4.69, 9.17) is 5.73 Å². The molecule has 0 aliphatic carbocycles. The fourth-order valence-corrected chi connectivity index (χ4v) is 4.34. The van der Waals surface area contributed by atoms with Gasteiger partial charge in [0.1, 0.15) is 0 Å². The number of H-pyrrole nitrogens is 1. The fourth-order valence-electron chi connectivity index (χ4n) is 4.34. The standard InChI is InChI=1S/C27H26N4O3/c28-19-3-1-2-17(14-19)26(33)18-4-9-23-24(27(34)30-25(23)15-18)16-29-20-5-7-21(8-6-20)31-12-10-22(32)11-13-31/h1-9,14-16,22,30,32,34H,10-13,28H2. The summed E-state index contributed by atoms with van der Waals surface area (Å²) in [4.78, 5) is 22.6. The first kappa shape index (κ1) is 21.7. The normalized spacial score (nSPS) is 14.8. The van der Waals surface area contributed by atoms with Gasteiger partial charge >= 0.3 is 0 Å². The van der Waals surface area contributed by atoms with Crippen LogP contribution in [0.4, 0.5) is 17.1 Å². The van der Waals surface area contributed by atoms with Gasteiger partial charge in [-0.3, -0.25) is 9.79 Å². The molecule has 2 heterocycles. The molecule has 0 bridgehead atoms. The number of aliphatic hydroxyl groups excluding tert-OH is 1. The van der Waals surface area contributed by atoms with E-state index in [1.54, 1.807) is 48.7 Å². The number of hydrogen-bond acceptors (Lipinski definition) is 6. The van der Waals surface area contributed by atoms with Crippen LogP contribution < -0.4 is 10.6 Å². The number of piperidine rings is 1. The zero-order chi connectivity index (χ0) is 23.7. The SMILES string of the molecule is Nc1cccc(C(=O)c2ccc3c(C=Nc4ccc(N5CCC(O)CC5)cc4)c(O)[nH]c3c2)c1. The lowest BCUT2D eigenvalue weighted by Gasteiger charge is -2.31. The zero-order valence-electron chi connectivity index (χ0n) is 18.6. The van der Waals surface area contributed by atoms with Gasteiger partial charge < -0.3 is 25.8 Å². The average molecular weight is 455 g/mol. The number of carbonyl (C=O) groups excluding carboxylic acids is 1. The number of hydrogen-bond donors (Lipinski definition) is 4. The van der Waals surface area contributed by atoms with Crippen molar-refractivity contribution in [3.05, 3.63) is 83.4 Å². The van der Waals surface area contributed by atoms with E-state index in [9.17, 15) is 15.0 Å². The van der Waals surface area contributed by atoms with E-state index < -0.39 is 0 Å². The Morgan fingerprint density at radius 3 is 2.50 bits per heavy atom. The first-order chi connectivity index (χ1) is 16.5. The Morgan fingerprint density at radius 1 is 1.03 bits per heavy atom. The van der Waals surface area contributed by atoms with E-state index in [1.807, 2.05) is 24.3 Å². The molecular formula is C27H26N4O3. The van der Waals surface area contributed by atoms with Crippen molar-refractivity contribution in [1.82, 2.24) is 4.98 Å². The maximum absolute atomic E-state index is 12.8. The number of aliphatic imine (C=N–C) groups is 1. The summed E-state index contributed by atoms with van der Waals surface area (Å²) in [6.45, 7) is 1.68. The molecular weight excluding hydrogens is 428 g/mol. The van der Waals surface area contributed by atoms with Gasteiger partial charge in [0.25, 0.3) is 0 Å². The number of aromatic hydroxyl groups is 1. The van der Waals surface area contributed by atoms with Crippen molar-refractivity contribution in [2.24, 2.45) is 4.99 Å². The molecule has 1 fully saturated rings. The predicted octanol–water partition coefficient (Wildman–Crippen LogP) is 4.40. The van der Waals surface area contributed by atoms with Gasteiger partial charge in [-0.05, 0) is 55.3 Å². The molecule has 1 aliphatic heterocycles. The van der Waals surface area contributed by atoms with Crippen molar-refractivity contribution in [1.29, 1.82) is 0 Å². The van der Waals surface area contributed by atoms with Crippen molar-refractivity contribution in [2.75, 3.05) is 23.7 Å². The molecule has 1 saturated heterocycles. The van der Waals surface area contributed by atoms with Crippen molar-refractivity contribution in [3.63, 3.8) is 0 Å². The zero-order valence-corrected chi connectivity index (χ0v) is 18.6. The topological polar surface area (TPSA) is 115 Å². The number of nitrogen functional groups attached to an aromatic ring is 1. The Kier molecular flexibility index (Phi) is 5.77. The molecule has 5 rings (SSSR count). The highest BCUT2D eigenvalue weighted by atomic mass is 16.3. The summed E-state index contributed by atoms with van der Waals surface area (Å²) in [7, 11) is 0. The fraction of sp³-hybridized carbons (Fsp3) is 0.185. The number of nitrogens with one attached hydrogen (secondary N) is 1. The highest BCUT2D eigenvalue weighted by Gasteiger charge is 2.17. The van der Waals surface area contributed by atoms with Gasteiger partial charge in [0.05, 0.1) is 17.4 Å². The largest absolute Gasteiger partial charge is 0.494 e. The van der Waals surface area contributed by atoms with Crippen LogP contribution >= 0.6 is 0 Å². The molecule has 1 aromatic heterocycles. The number of aliphatic hydroxyl groups is 1. The average Bonchev–Trinajstić information content (AvgIpc) is 3.17. The number of rotatable bonds is 5. The third-order valence-corrected chi connectivity index (χ3v) is 6.25. The second kappa shape index (κ2) is 9.03. The number of fused-ring (bicyclic) bond motifs is 1. The lowest BCUT2D eigenvalue weighted by Crippen LogP contribution is -2.35. The molecule has 172 valence electrons. The third-order valence-electron chi connectivity index (χ3n) is 6.25. The molecule has 0 spiro atoms. The number of nitrogens with zero attached hydrogens (tertiary/aromatic N) is 2. The van der Waals surface area contributed by atoms with Gasteiger partial charge in [-0.25, -0.2) is 0 Å². The molecule has 1 aliphatic rings. The Labute approximate surface area is 197 Å². The van der Waals surface area contributed by atoms with Crippen LogP contribution in [-0.4, -0.2) is 46.4 Å². The van der Waals surface area contributed by atoms with E-state index in [1.165, 1.54) is 0 Å². The monoisotopic (exact) mass is 454 g/mol. The highest BCUT2D eigenvalue weighted by Crippen LogP contribution is 2.29. The lowest BCUT2D eigenvalue weighted by molar-refractivity contribution is 0.103. The number of benzene rings is 3. The van der Waals surface area contributed by atoms with E-state index in [2.05, 4.69) is 14.9 Å². The van der Waals surface area contributed by atoms with Crippen LogP contribution in [0.2, 0.25) is 0 Å². The highest BCUT2D eigenvalue weighted by molar-refractivity contribution is 6.12. The van der Waals surface area contributed by atoms with E-state index in [0.717, 1.165) is 42.7 Å². The van der Waals surface area contributed by atoms with Crippen LogP contribution in [0.25, 0.3) is 10.9 Å². The Bertz CT molecular complexity index is 1370. The van der Waals surface area contributed by atoms with Gasteiger partial charge in [0.2, 0.25) is 0 Å². The number of aromatic nitrogens is 1. The number of aromatic amines is 1. The number of ketones is 1. The van der Waals surface area contributed by atoms with Crippen molar-refractivity contribution < 1.29 is 15.0 Å². The van der Waals surface area contributed by atoms with Crippen LogP contribution in [-0.2, 0) is 0 Å². The minimum atomic E-state index is -0.199. The van der Waals surface area contributed by atoms with E-state index in [0.29, 0.717) is 27.9 Å². The first-order valence-corrected chi connectivity index (χ1v) is 11.3. The minimum absolute atomic E-state index is 0.00389. The Hall–Kier alpha value is -4.10. The van der Waals surface area contributed by atoms with Crippen LogP contribution in [0.5, 0.6) is 5.88 Å². The van der Waals surface area contributed by atoms with Crippen LogP contribution in [0, 0.1) is 0 Å². The maximum atomic E-state index is 12.8. The van der Waals surface area contributed by atoms with E-state index >= 15 is 0 Å². The first-order valence-electron chi connectivity index (χ1n) is 11.3. The molecule has 7 heteroatoms. The summed E-state index contributed by atoms with van der Waals surface area (Å²) in [5.41, 5.74) is 10.4. The third kappa shape index (κ3) is 4.38. The summed E-state index contributed by atoms with van der Waals surface area (Å²) in [6, 6.07) is 20.0. The molecule has 0 saturated carbocycles. The quantitative estimate of drug-likeness (QED) is 0.203. The molecule has 0 atom stereocenters. The molecule has 4 aromatic rings. The molecule has 34 heavy (non-hydrogen) atoms. The number of carbonyl (C=O) groups is 1. The minimum Gasteiger partial charge on any atom is -0.494 e. The summed E-state index contributed by atoms with van der Waals surface area (Å²) in [6.07, 6.45) is 2.99. The molecule has 3 aromatic carbocycles. The van der Waals surface area contributed by atoms with Gasteiger partial charge in [0, 0.05) is 52.7 Å². The summed E-state index contributed by atoms with van der Waals surface area (Å²) in [5, 5.41) is 20.9. The van der Waals surface area contributed by atoms with Gasteiger partial charge in [-0.2, -0.15) is 0 Å². The lowest BCUT2D eigenvalue weighted by atomic mass is 10.0. The van der Waals surface area contributed by atoms with Gasteiger partial charge in [-0.15, -0.1) is 0 Å². The van der Waals surface area contributed by atoms with Gasteiger partial charge in [-0.1, -0.05) is 24.3 Å². The smallest absolute Gasteiger partial charge is 0.198 e. The summed E-state index contributed by atoms with van der Waals surface area (Å²) < 4.78 is 0.